The van der Waals surface area contributed by atoms with Gasteiger partial charge in [0, 0.05) is 7.05 Å². The van der Waals surface area contributed by atoms with Crippen molar-refractivity contribution in [1.82, 2.24) is 9.88 Å². The molecule has 1 heterocycles. The number of rotatable bonds is 5. The third-order valence-electron chi connectivity index (χ3n) is 3.52. The summed E-state index contributed by atoms with van der Waals surface area (Å²) >= 11 is 1.61. The Morgan fingerprint density at radius 1 is 1.17 bits per heavy atom. The lowest BCUT2D eigenvalue weighted by Gasteiger charge is -2.16. The van der Waals surface area contributed by atoms with Gasteiger partial charge in [0.2, 0.25) is 0 Å². The van der Waals surface area contributed by atoms with E-state index in [1.54, 1.807) is 23.3 Å². The van der Waals surface area contributed by atoms with Crippen LogP contribution in [-0.2, 0) is 11.3 Å². The van der Waals surface area contributed by atoms with E-state index in [9.17, 15) is 4.79 Å². The van der Waals surface area contributed by atoms with Gasteiger partial charge in [0.25, 0.3) is 5.91 Å². The molecule has 23 heavy (non-hydrogen) atoms. The second kappa shape index (κ2) is 6.79. The zero-order chi connectivity index (χ0) is 16.2. The number of nitrogens with zero attached hydrogens (tertiary/aromatic N) is 2. The fourth-order valence-electron chi connectivity index (χ4n) is 2.17. The van der Waals surface area contributed by atoms with Crippen LogP contribution in [0.15, 0.2) is 48.5 Å². The molecule has 0 aliphatic carbocycles. The van der Waals surface area contributed by atoms with E-state index in [2.05, 4.69) is 4.98 Å². The summed E-state index contributed by atoms with van der Waals surface area (Å²) in [5.41, 5.74) is 2.14. The molecule has 5 heteroatoms. The van der Waals surface area contributed by atoms with Gasteiger partial charge in [-0.3, -0.25) is 4.79 Å². The van der Waals surface area contributed by atoms with E-state index in [1.165, 1.54) is 0 Å². The summed E-state index contributed by atoms with van der Waals surface area (Å²) in [6, 6.07) is 15.7. The number of carbonyl (C=O) groups excluding carboxylic acids is 1. The third-order valence-corrected chi connectivity index (χ3v) is 4.54. The molecule has 3 rings (SSSR count). The molecule has 0 bridgehead atoms. The molecule has 0 atom stereocenters. The molecule has 0 fully saturated rings. The Kier molecular flexibility index (Phi) is 4.57. The molecular weight excluding hydrogens is 308 g/mol. The first kappa shape index (κ1) is 15.5. The van der Waals surface area contributed by atoms with Crippen molar-refractivity contribution in [3.8, 4) is 5.75 Å². The quantitative estimate of drug-likeness (QED) is 0.719. The van der Waals surface area contributed by atoms with Gasteiger partial charge in [-0.05, 0) is 31.2 Å². The van der Waals surface area contributed by atoms with Crippen LogP contribution in [-0.4, -0.2) is 29.4 Å². The van der Waals surface area contributed by atoms with Crippen LogP contribution in [0.25, 0.3) is 10.2 Å². The van der Waals surface area contributed by atoms with Crippen LogP contribution in [0.5, 0.6) is 5.75 Å². The first-order valence-electron chi connectivity index (χ1n) is 7.40. The first-order chi connectivity index (χ1) is 11.1. The number of fused-ring (bicyclic) bond motifs is 1. The Morgan fingerprint density at radius 3 is 2.65 bits per heavy atom. The Morgan fingerprint density at radius 2 is 1.91 bits per heavy atom. The molecule has 0 spiro atoms. The molecular formula is C18H18N2O2S. The highest BCUT2D eigenvalue weighted by Gasteiger charge is 2.13. The maximum Gasteiger partial charge on any atom is 0.260 e. The van der Waals surface area contributed by atoms with Crippen LogP contribution in [0, 0.1) is 6.92 Å². The Balaban J connectivity index is 1.57. The zero-order valence-corrected chi connectivity index (χ0v) is 14.0. The van der Waals surface area contributed by atoms with Crippen molar-refractivity contribution >= 4 is 27.5 Å². The van der Waals surface area contributed by atoms with E-state index in [1.807, 2.05) is 55.5 Å². The van der Waals surface area contributed by atoms with Crippen LogP contribution < -0.4 is 4.74 Å². The van der Waals surface area contributed by atoms with Crippen LogP contribution >= 0.6 is 11.3 Å². The van der Waals surface area contributed by atoms with Crippen LogP contribution in [0.4, 0.5) is 0 Å². The van der Waals surface area contributed by atoms with Gasteiger partial charge in [-0.25, -0.2) is 4.98 Å². The van der Waals surface area contributed by atoms with Gasteiger partial charge in [-0.15, -0.1) is 11.3 Å². The van der Waals surface area contributed by atoms with Crippen LogP contribution in [0.1, 0.15) is 10.6 Å². The Hall–Kier alpha value is -2.40. The highest BCUT2D eigenvalue weighted by molar-refractivity contribution is 7.18. The van der Waals surface area contributed by atoms with Gasteiger partial charge in [-0.1, -0.05) is 29.8 Å². The largest absolute Gasteiger partial charge is 0.484 e. The minimum absolute atomic E-state index is 0.0322. The zero-order valence-electron chi connectivity index (χ0n) is 13.2. The number of aromatic nitrogens is 1. The van der Waals surface area contributed by atoms with Crippen molar-refractivity contribution < 1.29 is 9.53 Å². The molecule has 0 aliphatic rings. The summed E-state index contributed by atoms with van der Waals surface area (Å²) in [5, 5.41) is 0.928. The number of aryl methyl sites for hydroxylation is 1. The fourth-order valence-corrected chi connectivity index (χ4v) is 3.19. The molecule has 3 aromatic rings. The second-order valence-electron chi connectivity index (χ2n) is 5.43. The van der Waals surface area contributed by atoms with Gasteiger partial charge < -0.3 is 9.64 Å². The van der Waals surface area contributed by atoms with Gasteiger partial charge in [0.05, 0.1) is 16.8 Å². The highest BCUT2D eigenvalue weighted by atomic mass is 32.1. The van der Waals surface area contributed by atoms with Crippen LogP contribution in [0.2, 0.25) is 0 Å². The van der Waals surface area contributed by atoms with Gasteiger partial charge >= 0.3 is 0 Å². The summed E-state index contributed by atoms with van der Waals surface area (Å²) in [4.78, 5) is 18.4. The molecule has 1 amide bonds. The molecule has 4 nitrogen and oxygen atoms in total. The van der Waals surface area contributed by atoms with Crippen molar-refractivity contribution in [3.63, 3.8) is 0 Å². The average molecular weight is 326 g/mol. The predicted octanol–water partition coefficient (Wildman–Crippen LogP) is 3.64. The molecule has 0 aliphatic heterocycles. The molecule has 2 aromatic carbocycles. The smallest absolute Gasteiger partial charge is 0.260 e. The van der Waals surface area contributed by atoms with E-state index in [0.29, 0.717) is 12.3 Å². The first-order valence-corrected chi connectivity index (χ1v) is 8.21. The average Bonchev–Trinajstić information content (AvgIpc) is 2.96. The van der Waals surface area contributed by atoms with E-state index in [4.69, 9.17) is 4.74 Å². The molecule has 0 saturated carbocycles. The van der Waals surface area contributed by atoms with E-state index >= 15 is 0 Å². The van der Waals surface area contributed by atoms with E-state index in [-0.39, 0.29) is 12.5 Å². The summed E-state index contributed by atoms with van der Waals surface area (Å²) in [6.07, 6.45) is 0. The number of ether oxygens (including phenoxy) is 1. The van der Waals surface area contributed by atoms with Gasteiger partial charge in [0.15, 0.2) is 6.61 Å². The SMILES string of the molecule is Cc1ccc(OCC(=O)N(C)Cc2nc3ccccc3s2)cc1. The minimum atomic E-state index is -0.0650. The topological polar surface area (TPSA) is 42.4 Å². The molecule has 0 unspecified atom stereocenters. The number of hydrogen-bond donors (Lipinski definition) is 0. The summed E-state index contributed by atoms with van der Waals surface area (Å²) in [7, 11) is 1.77. The summed E-state index contributed by atoms with van der Waals surface area (Å²) < 4.78 is 6.67. The number of para-hydroxylation sites is 1. The lowest BCUT2D eigenvalue weighted by Crippen LogP contribution is -2.30. The third kappa shape index (κ3) is 3.87. The number of benzene rings is 2. The Labute approximate surface area is 139 Å². The monoisotopic (exact) mass is 326 g/mol. The lowest BCUT2D eigenvalue weighted by molar-refractivity contribution is -0.132. The fraction of sp³-hybridized carbons (Fsp3) is 0.222. The maximum absolute atomic E-state index is 12.2. The highest BCUT2D eigenvalue weighted by Crippen LogP contribution is 2.22. The van der Waals surface area contributed by atoms with Crippen molar-refractivity contribution in [3.05, 3.63) is 59.1 Å². The number of carbonyl (C=O) groups is 1. The lowest BCUT2D eigenvalue weighted by atomic mass is 10.2. The van der Waals surface area contributed by atoms with Crippen molar-refractivity contribution in [2.45, 2.75) is 13.5 Å². The van der Waals surface area contributed by atoms with Crippen LogP contribution in [0.3, 0.4) is 0 Å². The predicted molar refractivity (Wildman–Crippen MR) is 92.8 cm³/mol. The van der Waals surface area contributed by atoms with Crippen molar-refractivity contribution in [2.75, 3.05) is 13.7 Å². The van der Waals surface area contributed by atoms with Gasteiger partial charge in [-0.2, -0.15) is 0 Å². The number of hydrogen-bond acceptors (Lipinski definition) is 4. The standard InChI is InChI=1S/C18H18N2O2S/c1-13-7-9-14(10-8-13)22-12-18(21)20(2)11-17-19-15-5-3-4-6-16(15)23-17/h3-10H,11-12H2,1-2H3. The normalized spacial score (nSPS) is 10.7. The van der Waals surface area contributed by atoms with E-state index < -0.39 is 0 Å². The van der Waals surface area contributed by atoms with Crippen molar-refractivity contribution in [1.29, 1.82) is 0 Å². The molecule has 118 valence electrons. The number of thiazole rings is 1. The molecule has 0 saturated heterocycles. The number of likely N-dealkylation sites (N-methyl/N-ethyl adjacent to an activating group) is 1. The number of amides is 1. The summed E-state index contributed by atoms with van der Waals surface area (Å²) in [6.45, 7) is 2.54. The molecule has 1 aromatic heterocycles. The Bertz CT molecular complexity index is 778. The maximum atomic E-state index is 12.2. The van der Waals surface area contributed by atoms with Gasteiger partial charge in [0.1, 0.15) is 10.8 Å². The second-order valence-corrected chi connectivity index (χ2v) is 6.54. The van der Waals surface area contributed by atoms with E-state index in [0.717, 1.165) is 20.8 Å². The minimum Gasteiger partial charge on any atom is -0.484 e. The summed E-state index contributed by atoms with van der Waals surface area (Å²) in [5.74, 6) is 0.641. The van der Waals surface area contributed by atoms with Crippen molar-refractivity contribution in [2.24, 2.45) is 0 Å². The molecule has 0 radical (unpaired) electrons. The molecule has 0 N–H and O–H groups in total.